The van der Waals surface area contributed by atoms with E-state index in [1.54, 1.807) is 17.1 Å². The van der Waals surface area contributed by atoms with E-state index in [9.17, 15) is 4.79 Å². The molecule has 0 unspecified atom stereocenters. The van der Waals surface area contributed by atoms with Gasteiger partial charge in [0.2, 0.25) is 0 Å². The molecular weight excluding hydrogens is 376 g/mol. The van der Waals surface area contributed by atoms with Crippen LogP contribution in [0, 0.1) is 0 Å². The fraction of sp³-hybridized carbons (Fsp3) is 0.292. The molecule has 0 saturated carbocycles. The van der Waals surface area contributed by atoms with Crippen LogP contribution in [0.4, 0.5) is 0 Å². The second-order valence-corrected chi connectivity index (χ2v) is 7.28. The van der Waals surface area contributed by atoms with Gasteiger partial charge in [-0.1, -0.05) is 43.7 Å². The molecule has 0 radical (unpaired) electrons. The highest BCUT2D eigenvalue weighted by molar-refractivity contribution is 6.06. The van der Waals surface area contributed by atoms with E-state index in [4.69, 9.17) is 9.40 Å². The van der Waals surface area contributed by atoms with Gasteiger partial charge in [-0.25, -0.2) is 9.67 Å². The van der Waals surface area contributed by atoms with Crippen LogP contribution < -0.4 is 0 Å². The summed E-state index contributed by atoms with van der Waals surface area (Å²) in [6, 6.07) is 15.6. The molecule has 6 nitrogen and oxygen atoms in total. The smallest absolute Gasteiger partial charge is 0.254 e. The van der Waals surface area contributed by atoms with Crippen molar-refractivity contribution >= 4 is 16.9 Å². The molecule has 3 heterocycles. The minimum Gasteiger partial charge on any atom is -0.467 e. The van der Waals surface area contributed by atoms with Crippen LogP contribution in [-0.4, -0.2) is 38.7 Å². The van der Waals surface area contributed by atoms with Crippen LogP contribution in [0.5, 0.6) is 0 Å². The molecule has 0 bridgehead atoms. The first-order chi connectivity index (χ1) is 14.7. The number of hydrogen-bond acceptors (Lipinski definition) is 4. The number of fused-ring (bicyclic) bond motifs is 1. The van der Waals surface area contributed by atoms with E-state index < -0.39 is 0 Å². The van der Waals surface area contributed by atoms with Gasteiger partial charge >= 0.3 is 0 Å². The minimum atomic E-state index is 0.0214. The Morgan fingerprint density at radius 3 is 2.67 bits per heavy atom. The summed E-state index contributed by atoms with van der Waals surface area (Å²) in [6.45, 7) is 6.03. The fourth-order valence-electron chi connectivity index (χ4n) is 3.57. The molecule has 1 amide bonds. The van der Waals surface area contributed by atoms with Crippen molar-refractivity contribution in [2.24, 2.45) is 0 Å². The molecule has 30 heavy (non-hydrogen) atoms. The van der Waals surface area contributed by atoms with E-state index in [0.717, 1.165) is 41.8 Å². The number of hydrogen-bond donors (Lipinski definition) is 0. The van der Waals surface area contributed by atoms with Crippen molar-refractivity contribution in [2.45, 2.75) is 33.2 Å². The highest BCUT2D eigenvalue weighted by Gasteiger charge is 2.21. The molecule has 4 rings (SSSR count). The first kappa shape index (κ1) is 19.9. The van der Waals surface area contributed by atoms with Crippen molar-refractivity contribution < 1.29 is 9.21 Å². The van der Waals surface area contributed by atoms with E-state index in [1.165, 1.54) is 0 Å². The molecule has 0 fully saturated rings. The SMILES string of the molecule is CCCCN(CC)C(=O)c1cc(-c2ccccc2)nc2c1cnn2Cc1ccco1. The lowest BCUT2D eigenvalue weighted by Gasteiger charge is -2.21. The van der Waals surface area contributed by atoms with Crippen LogP contribution in [0.2, 0.25) is 0 Å². The van der Waals surface area contributed by atoms with Gasteiger partial charge in [0.25, 0.3) is 5.91 Å². The number of nitrogens with zero attached hydrogens (tertiary/aromatic N) is 4. The maximum absolute atomic E-state index is 13.4. The molecule has 3 aromatic heterocycles. The summed E-state index contributed by atoms with van der Waals surface area (Å²) in [5.74, 6) is 0.811. The van der Waals surface area contributed by atoms with Crippen molar-refractivity contribution in [2.75, 3.05) is 13.1 Å². The third kappa shape index (κ3) is 3.99. The number of pyridine rings is 1. The maximum atomic E-state index is 13.4. The molecule has 154 valence electrons. The molecule has 0 aliphatic rings. The molecule has 4 aromatic rings. The van der Waals surface area contributed by atoms with Gasteiger partial charge in [-0.3, -0.25) is 4.79 Å². The second kappa shape index (κ2) is 8.95. The third-order valence-corrected chi connectivity index (χ3v) is 5.25. The normalized spacial score (nSPS) is 11.1. The van der Waals surface area contributed by atoms with E-state index >= 15 is 0 Å². The Balaban J connectivity index is 1.83. The van der Waals surface area contributed by atoms with Gasteiger partial charge in [-0.2, -0.15) is 5.10 Å². The summed E-state index contributed by atoms with van der Waals surface area (Å²) in [5.41, 5.74) is 3.06. The van der Waals surface area contributed by atoms with E-state index in [0.29, 0.717) is 24.3 Å². The van der Waals surface area contributed by atoms with Gasteiger partial charge in [0.15, 0.2) is 5.65 Å². The first-order valence-electron chi connectivity index (χ1n) is 10.4. The average molecular weight is 402 g/mol. The summed E-state index contributed by atoms with van der Waals surface area (Å²) < 4.78 is 7.28. The summed E-state index contributed by atoms with van der Waals surface area (Å²) >= 11 is 0. The van der Waals surface area contributed by atoms with Gasteiger partial charge in [-0.05, 0) is 31.5 Å². The largest absolute Gasteiger partial charge is 0.467 e. The molecule has 0 aliphatic heterocycles. The zero-order valence-corrected chi connectivity index (χ0v) is 17.4. The molecule has 1 aromatic carbocycles. The number of carbonyl (C=O) groups is 1. The summed E-state index contributed by atoms with van der Waals surface area (Å²) in [7, 11) is 0. The Morgan fingerprint density at radius 2 is 1.97 bits per heavy atom. The number of amides is 1. The lowest BCUT2D eigenvalue weighted by molar-refractivity contribution is 0.0764. The van der Waals surface area contributed by atoms with Crippen LogP contribution in [0.1, 0.15) is 42.8 Å². The predicted molar refractivity (Wildman–Crippen MR) is 117 cm³/mol. The van der Waals surface area contributed by atoms with Gasteiger partial charge in [0, 0.05) is 18.7 Å². The molecule has 0 spiro atoms. The van der Waals surface area contributed by atoms with E-state index in [-0.39, 0.29) is 5.91 Å². The Hall–Kier alpha value is -3.41. The second-order valence-electron chi connectivity index (χ2n) is 7.28. The molecular formula is C24H26N4O2. The van der Waals surface area contributed by atoms with Crippen molar-refractivity contribution in [1.82, 2.24) is 19.7 Å². The lowest BCUT2D eigenvalue weighted by Crippen LogP contribution is -2.32. The quantitative estimate of drug-likeness (QED) is 0.416. The number of unbranched alkanes of at least 4 members (excludes halogenated alkanes) is 1. The van der Waals surface area contributed by atoms with Gasteiger partial charge in [-0.15, -0.1) is 0 Å². The minimum absolute atomic E-state index is 0.0214. The Morgan fingerprint density at radius 1 is 1.13 bits per heavy atom. The van der Waals surface area contributed by atoms with Crippen molar-refractivity contribution in [1.29, 1.82) is 0 Å². The Kier molecular flexibility index (Phi) is 5.93. The Bertz CT molecular complexity index is 1120. The van der Waals surface area contributed by atoms with Gasteiger partial charge in [0.1, 0.15) is 12.3 Å². The van der Waals surface area contributed by atoms with Crippen molar-refractivity contribution in [3.05, 3.63) is 72.3 Å². The number of carbonyl (C=O) groups excluding carboxylic acids is 1. The molecule has 0 saturated heterocycles. The van der Waals surface area contributed by atoms with Crippen LogP contribution in [0.25, 0.3) is 22.3 Å². The maximum Gasteiger partial charge on any atom is 0.254 e. The average Bonchev–Trinajstić information content (AvgIpc) is 3.44. The van der Waals surface area contributed by atoms with Gasteiger partial charge in [0.05, 0.1) is 29.1 Å². The number of furan rings is 1. The number of rotatable bonds is 8. The monoisotopic (exact) mass is 402 g/mol. The molecule has 0 aliphatic carbocycles. The topological polar surface area (TPSA) is 64.2 Å². The van der Waals surface area contributed by atoms with Crippen LogP contribution >= 0.6 is 0 Å². The Labute approximate surface area is 176 Å². The summed E-state index contributed by atoms with van der Waals surface area (Å²) in [6.07, 6.45) is 5.41. The molecule has 6 heteroatoms. The summed E-state index contributed by atoms with van der Waals surface area (Å²) in [5, 5.41) is 5.28. The summed E-state index contributed by atoms with van der Waals surface area (Å²) in [4.78, 5) is 20.2. The van der Waals surface area contributed by atoms with Crippen LogP contribution in [0.3, 0.4) is 0 Å². The fourth-order valence-corrected chi connectivity index (χ4v) is 3.57. The standard InChI is InChI=1S/C24H26N4O2/c1-3-5-13-27(4-2)24(29)20-15-22(18-10-7-6-8-11-18)26-23-21(20)16-25-28(23)17-19-12-9-14-30-19/h6-12,14-16H,3-5,13,17H2,1-2H3. The van der Waals surface area contributed by atoms with Crippen molar-refractivity contribution in [3.63, 3.8) is 0 Å². The van der Waals surface area contributed by atoms with Crippen molar-refractivity contribution in [3.8, 4) is 11.3 Å². The number of benzene rings is 1. The van der Waals surface area contributed by atoms with Crippen LogP contribution in [0.15, 0.2) is 65.4 Å². The highest BCUT2D eigenvalue weighted by atomic mass is 16.3. The predicted octanol–water partition coefficient (Wildman–Crippen LogP) is 5.00. The number of aromatic nitrogens is 3. The van der Waals surface area contributed by atoms with Crippen LogP contribution in [-0.2, 0) is 6.54 Å². The molecule has 0 atom stereocenters. The first-order valence-corrected chi connectivity index (χ1v) is 10.4. The van der Waals surface area contributed by atoms with E-state index in [1.807, 2.05) is 60.4 Å². The lowest BCUT2D eigenvalue weighted by atomic mass is 10.1. The molecule has 0 N–H and O–H groups in total. The zero-order valence-electron chi connectivity index (χ0n) is 17.4. The third-order valence-electron chi connectivity index (χ3n) is 5.25. The zero-order chi connectivity index (χ0) is 20.9. The van der Waals surface area contributed by atoms with Gasteiger partial charge < -0.3 is 9.32 Å². The van der Waals surface area contributed by atoms with E-state index in [2.05, 4.69) is 12.0 Å². The highest BCUT2D eigenvalue weighted by Crippen LogP contribution is 2.26.